The maximum absolute atomic E-state index is 13.2. The summed E-state index contributed by atoms with van der Waals surface area (Å²) in [5.41, 5.74) is 5.37. The number of nitrogen functional groups attached to an aromatic ring is 1. The van der Waals surface area contributed by atoms with Gasteiger partial charge in [-0.2, -0.15) is 8.42 Å². The molecule has 2 atom stereocenters. The molecule has 3 aromatic heterocycles. The van der Waals surface area contributed by atoms with E-state index in [0.717, 1.165) is 22.5 Å². The molecule has 0 aromatic carbocycles. The van der Waals surface area contributed by atoms with Crippen LogP contribution in [0.1, 0.15) is 25.1 Å². The maximum atomic E-state index is 13.2. The van der Waals surface area contributed by atoms with Crippen LogP contribution < -0.4 is 15.6 Å². The zero-order chi connectivity index (χ0) is 30.3. The average molecular weight is 609 g/mol. The highest BCUT2D eigenvalue weighted by Gasteiger charge is 2.54. The predicted molar refractivity (Wildman–Crippen MR) is 141 cm³/mol. The second-order valence-corrected chi connectivity index (χ2v) is 11.8. The van der Waals surface area contributed by atoms with Gasteiger partial charge in [-0.1, -0.05) is 10.4 Å². The summed E-state index contributed by atoms with van der Waals surface area (Å²) in [6.07, 6.45) is 5.22. The van der Waals surface area contributed by atoms with Gasteiger partial charge in [0.25, 0.3) is 11.8 Å². The van der Waals surface area contributed by atoms with Gasteiger partial charge in [-0.25, -0.2) is 23.3 Å². The molecule has 0 saturated carbocycles. The largest absolute Gasteiger partial charge is 0.478 e. The molecule has 19 heteroatoms. The van der Waals surface area contributed by atoms with E-state index >= 15 is 0 Å². The Morgan fingerprint density at radius 2 is 2.07 bits per heavy atom. The number of carboxylic acids is 1. The number of amides is 2. The van der Waals surface area contributed by atoms with E-state index in [4.69, 9.17) is 10.6 Å². The number of nitrogens with zero attached hydrogens (tertiary/aromatic N) is 7. The summed E-state index contributed by atoms with van der Waals surface area (Å²) in [5, 5.41) is 24.9. The standard InChI is InChI=1S/C22H25N9O8S2/c1-11-7-29(4)6-5-12(11)13-8-30(28-26-13)9-15-17(19(33)31(15)41(36,37)38)25-18(32)16(14-10-40-21(23)24-14)27-39-22(2,3)20(34)35/h5-8,10,15,17H,9H2,1-4H3,(H4-,23,24,25,32,34,35,36,37,38)/p+1/t15?,17-/m0/s1. The molecule has 3 aromatic rings. The summed E-state index contributed by atoms with van der Waals surface area (Å²) in [6, 6.07) is -0.934. The Kier molecular flexibility index (Phi) is 7.78. The van der Waals surface area contributed by atoms with Crippen LogP contribution in [0.4, 0.5) is 5.13 Å². The van der Waals surface area contributed by atoms with Gasteiger partial charge in [0.05, 0.1) is 18.8 Å². The van der Waals surface area contributed by atoms with Crippen molar-refractivity contribution in [1.29, 1.82) is 0 Å². The number of thiazole rings is 1. The van der Waals surface area contributed by atoms with E-state index in [-0.39, 0.29) is 21.7 Å². The summed E-state index contributed by atoms with van der Waals surface area (Å²) >= 11 is 0.964. The van der Waals surface area contributed by atoms with Crippen LogP contribution in [0.2, 0.25) is 0 Å². The second kappa shape index (κ2) is 10.8. The van der Waals surface area contributed by atoms with Crippen LogP contribution in [0.3, 0.4) is 0 Å². The first kappa shape index (κ1) is 29.5. The zero-order valence-corrected chi connectivity index (χ0v) is 23.7. The van der Waals surface area contributed by atoms with Gasteiger partial charge in [-0.05, 0) is 20.8 Å². The molecule has 218 valence electrons. The molecule has 17 nitrogen and oxygen atoms in total. The number of nitrogens with one attached hydrogen (secondary N) is 1. The summed E-state index contributed by atoms with van der Waals surface area (Å²) in [4.78, 5) is 46.4. The Hall–Kier alpha value is -4.49. The Morgan fingerprint density at radius 1 is 1.37 bits per heavy atom. The molecule has 4 rings (SSSR count). The molecule has 1 aliphatic heterocycles. The monoisotopic (exact) mass is 608 g/mol. The number of anilines is 1. The van der Waals surface area contributed by atoms with Crippen LogP contribution in [-0.2, 0) is 43.1 Å². The number of pyridine rings is 1. The van der Waals surface area contributed by atoms with Crippen molar-refractivity contribution in [1.82, 2.24) is 29.6 Å². The summed E-state index contributed by atoms with van der Waals surface area (Å²) in [7, 11) is -3.14. The third-order valence-corrected chi connectivity index (χ3v) is 7.67. The van der Waals surface area contributed by atoms with Crippen molar-refractivity contribution in [3.63, 3.8) is 0 Å². The predicted octanol–water partition coefficient (Wildman–Crippen LogP) is -1.10. The van der Waals surface area contributed by atoms with Crippen molar-refractivity contribution in [2.45, 2.75) is 45.0 Å². The van der Waals surface area contributed by atoms with E-state index in [1.54, 1.807) is 0 Å². The number of nitrogens with two attached hydrogens (primary N) is 1. The number of aryl methyl sites for hydroxylation is 2. The van der Waals surface area contributed by atoms with Gasteiger partial charge in [-0.15, -0.1) is 16.4 Å². The fourth-order valence-electron chi connectivity index (χ4n) is 3.88. The molecule has 1 fully saturated rings. The molecule has 4 heterocycles. The van der Waals surface area contributed by atoms with E-state index in [1.165, 1.54) is 30.1 Å². The number of β-lactam (4-membered cyclic amide) rings is 1. The molecule has 2 amide bonds. The minimum Gasteiger partial charge on any atom is -0.478 e. The number of carbonyl (C=O) groups excluding carboxylic acids is 2. The Morgan fingerprint density at radius 3 is 2.66 bits per heavy atom. The van der Waals surface area contributed by atoms with Crippen molar-refractivity contribution in [3.8, 4) is 11.3 Å². The highest BCUT2D eigenvalue weighted by atomic mass is 32.2. The molecule has 1 aliphatic rings. The van der Waals surface area contributed by atoms with E-state index in [1.807, 2.05) is 37.0 Å². The number of hydrogen-bond donors (Lipinski definition) is 4. The zero-order valence-electron chi connectivity index (χ0n) is 22.1. The lowest BCUT2D eigenvalue weighted by Crippen LogP contribution is -2.73. The van der Waals surface area contributed by atoms with E-state index in [9.17, 15) is 32.5 Å². The van der Waals surface area contributed by atoms with Crippen LogP contribution >= 0.6 is 11.3 Å². The summed E-state index contributed by atoms with van der Waals surface area (Å²) in [5.74, 6) is -3.54. The molecule has 5 N–H and O–H groups in total. The minimum absolute atomic E-state index is 0.0672. The Bertz CT molecular complexity index is 1660. The molecular weight excluding hydrogens is 582 g/mol. The number of aromatic nitrogens is 5. The quantitative estimate of drug-likeness (QED) is 0.0705. The van der Waals surface area contributed by atoms with E-state index < -0.39 is 51.5 Å². The van der Waals surface area contributed by atoms with Gasteiger partial charge >= 0.3 is 16.3 Å². The van der Waals surface area contributed by atoms with Crippen molar-refractivity contribution in [3.05, 3.63) is 41.3 Å². The van der Waals surface area contributed by atoms with E-state index in [2.05, 4.69) is 25.8 Å². The lowest BCUT2D eigenvalue weighted by atomic mass is 9.98. The van der Waals surface area contributed by atoms with Crippen LogP contribution in [-0.4, -0.2) is 83.5 Å². The van der Waals surface area contributed by atoms with Crippen LogP contribution in [0.15, 0.2) is 35.2 Å². The topological polar surface area (TPSA) is 236 Å². The third kappa shape index (κ3) is 6.15. The smallest absolute Gasteiger partial charge is 0.362 e. The SMILES string of the molecule is Cc1c[n+](C)ccc1-c1cn(CC2[C@H](NC(=O)C(=NOC(C)(C)C(=O)O)c3csc(N)n3)C(=O)N2S(=O)(=O)O)nn1. The van der Waals surface area contributed by atoms with Crippen LogP contribution in [0, 0.1) is 6.92 Å². The highest BCUT2D eigenvalue weighted by molar-refractivity contribution is 7.84. The fraction of sp³-hybridized carbons (Fsp3) is 0.364. The molecule has 1 unspecified atom stereocenters. The normalized spacial score (nSPS) is 17.7. The lowest BCUT2D eigenvalue weighted by Gasteiger charge is -2.43. The molecule has 1 saturated heterocycles. The van der Waals surface area contributed by atoms with Gasteiger partial charge in [0.1, 0.15) is 24.5 Å². The van der Waals surface area contributed by atoms with Crippen molar-refractivity contribution in [2.24, 2.45) is 12.2 Å². The summed E-state index contributed by atoms with van der Waals surface area (Å²) in [6.45, 7) is 3.99. The molecule has 0 bridgehead atoms. The number of carboxylic acid groups (broad SMARTS) is 1. The van der Waals surface area contributed by atoms with Gasteiger partial charge in [0.2, 0.25) is 5.60 Å². The molecule has 0 aliphatic carbocycles. The van der Waals surface area contributed by atoms with Crippen LogP contribution in [0.5, 0.6) is 0 Å². The van der Waals surface area contributed by atoms with Gasteiger partial charge in [0.15, 0.2) is 23.2 Å². The second-order valence-electron chi connectivity index (χ2n) is 9.58. The van der Waals surface area contributed by atoms with Crippen molar-refractivity contribution >= 4 is 50.3 Å². The first-order chi connectivity index (χ1) is 19.1. The van der Waals surface area contributed by atoms with Gasteiger partial charge in [-0.3, -0.25) is 14.1 Å². The molecule has 0 spiro atoms. The fourth-order valence-corrected chi connectivity index (χ4v) is 5.30. The maximum Gasteiger partial charge on any atom is 0.362 e. The third-order valence-electron chi connectivity index (χ3n) is 6.05. The number of oxime groups is 1. The molecular formula is C22H26N9O8S2+. The first-order valence-electron chi connectivity index (χ1n) is 11.8. The first-order valence-corrected chi connectivity index (χ1v) is 14.0. The lowest BCUT2D eigenvalue weighted by molar-refractivity contribution is -0.671. The minimum atomic E-state index is -5.00. The van der Waals surface area contributed by atoms with Gasteiger partial charge in [0, 0.05) is 22.6 Å². The average Bonchev–Trinajstić information content (AvgIpc) is 3.50. The van der Waals surface area contributed by atoms with Crippen LogP contribution in [0.25, 0.3) is 11.3 Å². The number of hydrogen-bond acceptors (Lipinski definition) is 12. The Balaban J connectivity index is 1.61. The van der Waals surface area contributed by atoms with Gasteiger partial charge < -0.3 is 21.0 Å². The van der Waals surface area contributed by atoms with E-state index in [0.29, 0.717) is 5.69 Å². The number of rotatable bonds is 10. The summed E-state index contributed by atoms with van der Waals surface area (Å²) < 4.78 is 36.9. The van der Waals surface area contributed by atoms with Crippen molar-refractivity contribution < 1.29 is 41.9 Å². The molecule has 41 heavy (non-hydrogen) atoms. The number of carbonyl (C=O) groups is 3. The highest BCUT2D eigenvalue weighted by Crippen LogP contribution is 2.26. The Labute approximate surface area is 237 Å². The molecule has 0 radical (unpaired) electrons. The number of aliphatic carboxylic acids is 1. The van der Waals surface area contributed by atoms with Crippen molar-refractivity contribution in [2.75, 3.05) is 5.73 Å².